The van der Waals surface area contributed by atoms with Crippen molar-refractivity contribution in [1.29, 1.82) is 0 Å². The molecule has 1 aromatic carbocycles. The van der Waals surface area contributed by atoms with Gasteiger partial charge >= 0.3 is 6.18 Å². The lowest BCUT2D eigenvalue weighted by molar-refractivity contribution is -0.137. The summed E-state index contributed by atoms with van der Waals surface area (Å²) in [5.41, 5.74) is -0.360. The molecule has 0 N–H and O–H groups in total. The zero-order valence-corrected chi connectivity index (χ0v) is 14.3. The Morgan fingerprint density at radius 1 is 1.25 bits per heavy atom. The summed E-state index contributed by atoms with van der Waals surface area (Å²) in [4.78, 5) is 3.55. The maximum atomic E-state index is 12.7. The highest BCUT2D eigenvalue weighted by molar-refractivity contribution is 7.89. The van der Waals surface area contributed by atoms with Crippen LogP contribution in [0.3, 0.4) is 0 Å². The molecule has 0 saturated carbocycles. The summed E-state index contributed by atoms with van der Waals surface area (Å²) in [7, 11) is -2.74. The lowest BCUT2D eigenvalue weighted by Gasteiger charge is -2.25. The van der Waals surface area contributed by atoms with Crippen molar-refractivity contribution in [3.63, 3.8) is 0 Å². The summed E-state index contributed by atoms with van der Waals surface area (Å²) in [5.74, 6) is 0. The first-order chi connectivity index (χ1) is 11.0. The van der Waals surface area contributed by atoms with Gasteiger partial charge in [-0.05, 0) is 36.8 Å². The number of aromatic nitrogens is 1. The Morgan fingerprint density at radius 3 is 2.42 bits per heavy atom. The number of alkyl halides is 3. The van der Waals surface area contributed by atoms with Crippen molar-refractivity contribution >= 4 is 21.6 Å². The lowest BCUT2D eigenvalue weighted by Crippen LogP contribution is -2.30. The molecular formula is C15H14ClF3N2O2S. The van der Waals surface area contributed by atoms with E-state index in [1.165, 1.54) is 13.2 Å². The molecule has 0 amide bonds. The van der Waals surface area contributed by atoms with Crippen LogP contribution in [0.4, 0.5) is 13.2 Å². The standard InChI is InChI=1S/C15H14ClF3N2O2S/c1-10(11-4-3-7-20-9-11)21(2)24(22,23)14-6-5-12(8-13(14)16)15(17,18)19/h3-10H,1-2H3. The van der Waals surface area contributed by atoms with E-state index in [1.807, 2.05) is 0 Å². The second-order valence-corrected chi connectivity index (χ2v) is 7.50. The van der Waals surface area contributed by atoms with Crippen LogP contribution in [-0.4, -0.2) is 24.8 Å². The Morgan fingerprint density at radius 2 is 1.92 bits per heavy atom. The maximum Gasteiger partial charge on any atom is 0.416 e. The monoisotopic (exact) mass is 378 g/mol. The first-order valence-corrected chi connectivity index (χ1v) is 8.61. The Hall–Kier alpha value is -1.64. The van der Waals surface area contributed by atoms with E-state index in [1.54, 1.807) is 25.3 Å². The third-order valence-corrected chi connectivity index (χ3v) is 6.04. The minimum atomic E-state index is -4.60. The summed E-state index contributed by atoms with van der Waals surface area (Å²) in [6.07, 6.45) is -1.52. The van der Waals surface area contributed by atoms with Crippen LogP contribution in [0.1, 0.15) is 24.1 Å². The van der Waals surface area contributed by atoms with Gasteiger partial charge in [0, 0.05) is 25.5 Å². The van der Waals surface area contributed by atoms with Crippen LogP contribution in [0.25, 0.3) is 0 Å². The Balaban J connectivity index is 2.40. The van der Waals surface area contributed by atoms with Crippen LogP contribution in [0.2, 0.25) is 5.02 Å². The number of pyridine rings is 1. The molecule has 0 spiro atoms. The predicted molar refractivity (Wildman–Crippen MR) is 84.1 cm³/mol. The van der Waals surface area contributed by atoms with E-state index in [0.717, 1.165) is 10.4 Å². The van der Waals surface area contributed by atoms with E-state index >= 15 is 0 Å². The second kappa shape index (κ2) is 6.70. The van der Waals surface area contributed by atoms with Gasteiger partial charge in [-0.25, -0.2) is 8.42 Å². The van der Waals surface area contributed by atoms with Crippen molar-refractivity contribution in [2.45, 2.75) is 24.0 Å². The summed E-state index contributed by atoms with van der Waals surface area (Å²) in [6, 6.07) is 4.97. The highest BCUT2D eigenvalue weighted by Crippen LogP contribution is 2.35. The van der Waals surface area contributed by atoms with Gasteiger partial charge in [-0.15, -0.1) is 0 Å². The number of rotatable bonds is 4. The Labute approximate surface area is 142 Å². The zero-order chi connectivity index (χ0) is 18.1. The third kappa shape index (κ3) is 3.71. The van der Waals surface area contributed by atoms with E-state index in [9.17, 15) is 21.6 Å². The van der Waals surface area contributed by atoms with Crippen molar-refractivity contribution < 1.29 is 21.6 Å². The first-order valence-electron chi connectivity index (χ1n) is 6.80. The fourth-order valence-corrected chi connectivity index (χ4v) is 3.95. The quantitative estimate of drug-likeness (QED) is 0.803. The number of hydrogen-bond acceptors (Lipinski definition) is 3. The molecule has 0 saturated heterocycles. The van der Waals surface area contributed by atoms with Crippen molar-refractivity contribution in [3.8, 4) is 0 Å². The average Bonchev–Trinajstić information content (AvgIpc) is 2.53. The van der Waals surface area contributed by atoms with Gasteiger partial charge in [0.1, 0.15) is 4.90 Å². The van der Waals surface area contributed by atoms with Gasteiger partial charge in [-0.1, -0.05) is 17.7 Å². The van der Waals surface area contributed by atoms with E-state index in [0.29, 0.717) is 17.7 Å². The number of nitrogens with zero attached hydrogens (tertiary/aromatic N) is 2. The first kappa shape index (κ1) is 18.7. The average molecular weight is 379 g/mol. The normalized spacial score (nSPS) is 14.0. The highest BCUT2D eigenvalue weighted by Gasteiger charge is 2.33. The van der Waals surface area contributed by atoms with Crippen molar-refractivity contribution in [2.24, 2.45) is 0 Å². The van der Waals surface area contributed by atoms with E-state index < -0.39 is 32.8 Å². The number of halogens is 4. The van der Waals surface area contributed by atoms with Gasteiger partial charge in [0.2, 0.25) is 10.0 Å². The van der Waals surface area contributed by atoms with Crippen LogP contribution in [0.5, 0.6) is 0 Å². The minimum Gasteiger partial charge on any atom is -0.264 e. The molecule has 9 heteroatoms. The summed E-state index contributed by atoms with van der Waals surface area (Å²) >= 11 is 5.80. The molecule has 4 nitrogen and oxygen atoms in total. The molecule has 0 bridgehead atoms. The van der Waals surface area contributed by atoms with Crippen molar-refractivity contribution in [3.05, 3.63) is 58.9 Å². The molecule has 0 aliphatic heterocycles. The Bertz CT molecular complexity index is 826. The topological polar surface area (TPSA) is 50.3 Å². The molecule has 0 aliphatic rings. The molecule has 0 fully saturated rings. The third-order valence-electron chi connectivity index (χ3n) is 3.63. The van der Waals surface area contributed by atoms with Gasteiger partial charge < -0.3 is 0 Å². The molecule has 130 valence electrons. The number of benzene rings is 1. The van der Waals surface area contributed by atoms with Gasteiger partial charge in [0.15, 0.2) is 0 Å². The van der Waals surface area contributed by atoms with Gasteiger partial charge in [-0.3, -0.25) is 4.98 Å². The molecule has 0 aliphatic carbocycles. The summed E-state index contributed by atoms with van der Waals surface area (Å²) in [5, 5.41) is -0.477. The van der Waals surface area contributed by atoms with Crippen LogP contribution >= 0.6 is 11.6 Å². The van der Waals surface area contributed by atoms with Crippen LogP contribution in [0.15, 0.2) is 47.6 Å². The minimum absolute atomic E-state index is 0.379. The largest absolute Gasteiger partial charge is 0.416 e. The molecule has 1 unspecified atom stereocenters. The van der Waals surface area contributed by atoms with Crippen LogP contribution in [-0.2, 0) is 16.2 Å². The molecule has 1 aromatic heterocycles. The second-order valence-electron chi connectivity index (χ2n) is 5.13. The number of sulfonamides is 1. The predicted octanol–water partition coefficient (Wildman–Crippen LogP) is 4.14. The molecule has 2 aromatic rings. The zero-order valence-electron chi connectivity index (χ0n) is 12.7. The van der Waals surface area contributed by atoms with Gasteiger partial charge in [0.05, 0.1) is 10.6 Å². The SMILES string of the molecule is CC(c1cccnc1)N(C)S(=O)(=O)c1ccc(C(F)(F)F)cc1Cl. The van der Waals surface area contributed by atoms with E-state index in [2.05, 4.69) is 4.98 Å². The van der Waals surface area contributed by atoms with E-state index in [-0.39, 0.29) is 4.90 Å². The molecule has 24 heavy (non-hydrogen) atoms. The molecule has 1 atom stereocenters. The smallest absolute Gasteiger partial charge is 0.264 e. The Kier molecular flexibility index (Phi) is 5.22. The van der Waals surface area contributed by atoms with Crippen molar-refractivity contribution in [2.75, 3.05) is 7.05 Å². The van der Waals surface area contributed by atoms with Crippen molar-refractivity contribution in [1.82, 2.24) is 9.29 Å². The molecule has 1 heterocycles. The molecule has 0 radical (unpaired) electrons. The van der Waals surface area contributed by atoms with Gasteiger partial charge in [0.25, 0.3) is 0 Å². The lowest BCUT2D eigenvalue weighted by atomic mass is 10.1. The van der Waals surface area contributed by atoms with E-state index in [4.69, 9.17) is 11.6 Å². The fourth-order valence-electron chi connectivity index (χ4n) is 2.08. The fraction of sp³-hybridized carbons (Fsp3) is 0.267. The maximum absolute atomic E-state index is 12.7. The van der Waals surface area contributed by atoms with Crippen LogP contribution < -0.4 is 0 Å². The van der Waals surface area contributed by atoms with Gasteiger partial charge in [-0.2, -0.15) is 17.5 Å². The van der Waals surface area contributed by atoms with Crippen LogP contribution in [0, 0.1) is 0 Å². The highest BCUT2D eigenvalue weighted by atomic mass is 35.5. The number of hydrogen-bond donors (Lipinski definition) is 0. The molecule has 2 rings (SSSR count). The summed E-state index contributed by atoms with van der Waals surface area (Å²) < 4.78 is 64.4. The summed E-state index contributed by atoms with van der Waals surface area (Å²) in [6.45, 7) is 1.65. The molecular weight excluding hydrogens is 365 g/mol.